The third-order valence-electron chi connectivity index (χ3n) is 11.9. The first-order valence-electron chi connectivity index (χ1n) is 20.1. The standard InChI is InChI=1S/C44H58N4O7/c49-42(50)39(36-10-13-45-24-36)21-30-4-1-7-33(18-30)27-48(28-34-8-2-5-31(19-34)22-40(43(51)52)37-11-14-46-25-37)16-17-55-29-35-9-3-6-32(20-35)23-41(44(53)54)38-12-15-47-26-38/h1-9,18-20,36-41,45-47H,10-17,21-29H2,(H,49,50)(H,51,52)(H,53,54). The van der Waals surface area contributed by atoms with Crippen molar-refractivity contribution in [2.45, 2.75) is 58.2 Å². The second-order valence-electron chi connectivity index (χ2n) is 15.9. The predicted octanol–water partition coefficient (Wildman–Crippen LogP) is 4.46. The van der Waals surface area contributed by atoms with Gasteiger partial charge >= 0.3 is 17.9 Å². The first-order chi connectivity index (χ1) is 26.7. The molecule has 3 saturated heterocycles. The van der Waals surface area contributed by atoms with Crippen molar-refractivity contribution in [3.63, 3.8) is 0 Å². The van der Waals surface area contributed by atoms with Crippen LogP contribution in [-0.4, -0.2) is 90.5 Å². The van der Waals surface area contributed by atoms with Gasteiger partial charge in [-0.15, -0.1) is 0 Å². The second kappa shape index (κ2) is 20.2. The second-order valence-corrected chi connectivity index (χ2v) is 15.9. The molecule has 6 N–H and O–H groups in total. The van der Waals surface area contributed by atoms with Gasteiger partial charge in [-0.25, -0.2) is 0 Å². The highest BCUT2D eigenvalue weighted by atomic mass is 16.5. The average molecular weight is 755 g/mol. The van der Waals surface area contributed by atoms with E-state index in [-0.39, 0.29) is 17.8 Å². The Hall–Kier alpha value is -4.13. The van der Waals surface area contributed by atoms with Crippen LogP contribution in [0.15, 0.2) is 72.8 Å². The van der Waals surface area contributed by atoms with Gasteiger partial charge in [0, 0.05) is 19.6 Å². The molecule has 3 fully saturated rings. The number of benzene rings is 3. The Morgan fingerprint density at radius 1 is 0.582 bits per heavy atom. The molecule has 0 bridgehead atoms. The number of carbonyl (C=O) groups is 3. The molecule has 3 heterocycles. The number of aliphatic carboxylic acids is 3. The smallest absolute Gasteiger partial charge is 0.307 e. The van der Waals surface area contributed by atoms with Crippen molar-refractivity contribution in [2.75, 3.05) is 52.4 Å². The van der Waals surface area contributed by atoms with E-state index in [1.165, 1.54) is 0 Å². The summed E-state index contributed by atoms with van der Waals surface area (Å²) in [6.45, 7) is 7.59. The van der Waals surface area contributed by atoms with Gasteiger partial charge in [0.1, 0.15) is 0 Å². The van der Waals surface area contributed by atoms with Crippen molar-refractivity contribution in [1.82, 2.24) is 20.9 Å². The van der Waals surface area contributed by atoms with Gasteiger partial charge in [0.25, 0.3) is 0 Å². The molecule has 6 rings (SSSR count). The molecule has 6 atom stereocenters. The van der Waals surface area contributed by atoms with Crippen LogP contribution in [0.3, 0.4) is 0 Å². The van der Waals surface area contributed by atoms with E-state index in [1.807, 2.05) is 42.5 Å². The van der Waals surface area contributed by atoms with Gasteiger partial charge in [0.2, 0.25) is 0 Å². The van der Waals surface area contributed by atoms with E-state index in [9.17, 15) is 29.7 Å². The average Bonchev–Trinajstić information content (AvgIpc) is 3.99. The van der Waals surface area contributed by atoms with E-state index >= 15 is 0 Å². The van der Waals surface area contributed by atoms with E-state index in [2.05, 4.69) is 51.2 Å². The summed E-state index contributed by atoms with van der Waals surface area (Å²) in [6.07, 6.45) is 4.11. The summed E-state index contributed by atoms with van der Waals surface area (Å²) in [5, 5.41) is 40.0. The van der Waals surface area contributed by atoms with Gasteiger partial charge in [0.05, 0.1) is 31.0 Å². The van der Waals surface area contributed by atoms with E-state index < -0.39 is 35.7 Å². The Morgan fingerprint density at radius 3 is 1.31 bits per heavy atom. The highest BCUT2D eigenvalue weighted by Crippen LogP contribution is 2.27. The normalized spacial score (nSPS) is 21.4. The lowest BCUT2D eigenvalue weighted by molar-refractivity contribution is -0.144. The first kappa shape index (κ1) is 40.5. The topological polar surface area (TPSA) is 160 Å². The Labute approximate surface area is 324 Å². The summed E-state index contributed by atoms with van der Waals surface area (Å²) in [7, 11) is 0. The van der Waals surface area contributed by atoms with Crippen LogP contribution in [0.25, 0.3) is 0 Å². The van der Waals surface area contributed by atoms with E-state index in [1.54, 1.807) is 0 Å². The number of nitrogens with zero attached hydrogens (tertiary/aromatic N) is 1. The van der Waals surface area contributed by atoms with Gasteiger partial charge < -0.3 is 36.0 Å². The number of hydrogen-bond donors (Lipinski definition) is 6. The summed E-state index contributed by atoms with van der Waals surface area (Å²) in [6, 6.07) is 24.6. The number of carboxylic acid groups (broad SMARTS) is 3. The number of ether oxygens (including phenoxy) is 1. The maximum atomic E-state index is 12.2. The minimum atomic E-state index is -0.745. The third kappa shape index (κ3) is 11.9. The number of nitrogens with one attached hydrogen (secondary N) is 3. The van der Waals surface area contributed by atoms with Crippen molar-refractivity contribution < 1.29 is 34.4 Å². The fourth-order valence-electron chi connectivity index (χ4n) is 8.86. The highest BCUT2D eigenvalue weighted by Gasteiger charge is 2.32. The summed E-state index contributed by atoms with van der Waals surface area (Å²) in [5.41, 5.74) is 6.25. The van der Waals surface area contributed by atoms with Crippen molar-refractivity contribution in [3.05, 3.63) is 106 Å². The number of hydrogen-bond acceptors (Lipinski definition) is 8. The van der Waals surface area contributed by atoms with Crippen molar-refractivity contribution in [1.29, 1.82) is 0 Å². The van der Waals surface area contributed by atoms with Gasteiger partial charge in [0.15, 0.2) is 0 Å². The Morgan fingerprint density at radius 2 is 0.945 bits per heavy atom. The van der Waals surface area contributed by atoms with Crippen LogP contribution in [-0.2, 0) is 58.1 Å². The minimum absolute atomic E-state index is 0.122. The summed E-state index contributed by atoms with van der Waals surface area (Å²) in [5.74, 6) is -3.13. The van der Waals surface area contributed by atoms with Gasteiger partial charge in [-0.05, 0) is 129 Å². The van der Waals surface area contributed by atoms with Crippen LogP contribution in [0.4, 0.5) is 0 Å². The lowest BCUT2D eigenvalue weighted by Gasteiger charge is -2.24. The molecule has 55 heavy (non-hydrogen) atoms. The Balaban J connectivity index is 1.12. The zero-order chi connectivity index (χ0) is 38.6. The Kier molecular flexibility index (Phi) is 14.9. The largest absolute Gasteiger partial charge is 0.481 e. The lowest BCUT2D eigenvalue weighted by atomic mass is 9.86. The number of carboxylic acids is 3. The molecule has 3 aromatic rings. The maximum Gasteiger partial charge on any atom is 0.307 e. The highest BCUT2D eigenvalue weighted by molar-refractivity contribution is 5.72. The zero-order valence-electron chi connectivity index (χ0n) is 31.8. The molecule has 0 saturated carbocycles. The van der Waals surface area contributed by atoms with Crippen LogP contribution in [0.1, 0.15) is 52.6 Å². The molecule has 0 aromatic heterocycles. The summed E-state index contributed by atoms with van der Waals surface area (Å²) < 4.78 is 6.24. The van der Waals surface area contributed by atoms with Crippen LogP contribution < -0.4 is 16.0 Å². The third-order valence-corrected chi connectivity index (χ3v) is 11.9. The molecule has 0 radical (unpaired) electrons. The monoisotopic (exact) mass is 754 g/mol. The summed E-state index contributed by atoms with van der Waals surface area (Å²) >= 11 is 0. The molecule has 296 valence electrons. The van der Waals surface area contributed by atoms with Crippen LogP contribution in [0.5, 0.6) is 0 Å². The molecule has 6 unspecified atom stereocenters. The van der Waals surface area contributed by atoms with Crippen LogP contribution in [0, 0.1) is 35.5 Å². The lowest BCUT2D eigenvalue weighted by Crippen LogP contribution is -2.28. The summed E-state index contributed by atoms with van der Waals surface area (Å²) in [4.78, 5) is 38.9. The van der Waals surface area contributed by atoms with Crippen molar-refractivity contribution in [3.8, 4) is 0 Å². The minimum Gasteiger partial charge on any atom is -0.481 e. The fourth-order valence-corrected chi connectivity index (χ4v) is 8.86. The van der Waals surface area contributed by atoms with Crippen molar-refractivity contribution >= 4 is 17.9 Å². The van der Waals surface area contributed by atoms with E-state index in [0.29, 0.717) is 52.1 Å². The van der Waals surface area contributed by atoms with E-state index in [0.717, 1.165) is 91.9 Å². The van der Waals surface area contributed by atoms with Crippen LogP contribution >= 0.6 is 0 Å². The van der Waals surface area contributed by atoms with E-state index in [4.69, 9.17) is 4.74 Å². The quantitative estimate of drug-likeness (QED) is 0.0853. The fraction of sp³-hybridized carbons (Fsp3) is 0.523. The zero-order valence-corrected chi connectivity index (χ0v) is 31.8. The molecule has 0 aliphatic carbocycles. The van der Waals surface area contributed by atoms with Gasteiger partial charge in [-0.2, -0.15) is 0 Å². The van der Waals surface area contributed by atoms with Crippen molar-refractivity contribution in [2.24, 2.45) is 35.5 Å². The molecular weight excluding hydrogens is 697 g/mol. The SMILES string of the molecule is O=C(O)C(Cc1cccc(COCCN(Cc2cccc(CC(C(=O)O)C3CCNC3)c2)Cc2cccc(CC(C(=O)O)C3CCNC3)c2)c1)C1CCNC1. The van der Waals surface area contributed by atoms with Gasteiger partial charge in [-0.1, -0.05) is 72.8 Å². The van der Waals surface area contributed by atoms with Gasteiger partial charge in [-0.3, -0.25) is 19.3 Å². The molecule has 0 amide bonds. The molecule has 11 heteroatoms. The predicted molar refractivity (Wildman–Crippen MR) is 211 cm³/mol. The van der Waals surface area contributed by atoms with Crippen LogP contribution in [0.2, 0.25) is 0 Å². The molecule has 0 spiro atoms. The number of rotatable bonds is 21. The molecular formula is C44H58N4O7. The Bertz CT molecular complexity index is 1640. The first-order valence-corrected chi connectivity index (χ1v) is 20.1. The molecule has 3 aromatic carbocycles. The maximum absolute atomic E-state index is 12.2. The molecule has 11 nitrogen and oxygen atoms in total. The molecule has 3 aliphatic heterocycles. The molecule has 3 aliphatic rings.